The number of sulfone groups is 1. The number of hydrogen-bond acceptors (Lipinski definition) is 5. The molecule has 0 N–H and O–H groups in total. The zero-order chi connectivity index (χ0) is 22.3. The third-order valence-electron chi connectivity index (χ3n) is 5.83. The fourth-order valence-corrected chi connectivity index (χ4v) is 5.98. The number of hydrogen-bond donors (Lipinski definition) is 0. The van der Waals surface area contributed by atoms with E-state index in [0.717, 1.165) is 33.3 Å². The van der Waals surface area contributed by atoms with Crippen LogP contribution in [0.5, 0.6) is 0 Å². The SMILES string of the molecule is Cc1ccc(S(=O)(=O)C2C=C(c3ccc4ncccc4c3)c3c(Cl)ncnc3CC2)cc1. The van der Waals surface area contributed by atoms with Crippen molar-refractivity contribution < 1.29 is 8.42 Å². The zero-order valence-electron chi connectivity index (χ0n) is 17.4. The standard InChI is InChI=1S/C25H20ClN3O2S/c1-16-4-7-19(8-5-16)32(30,31)20-9-11-23-24(25(26)29-15-28-23)21(14-20)17-6-10-22-18(13-17)3-2-12-27-22/h2-8,10,12-15,20H,9,11H2,1H3. The molecular formula is C25H20ClN3O2S. The molecule has 2 aromatic carbocycles. The van der Waals surface area contributed by atoms with E-state index in [1.165, 1.54) is 6.33 Å². The molecule has 1 unspecified atom stereocenters. The molecule has 0 amide bonds. The van der Waals surface area contributed by atoms with Crippen LogP contribution in [0.15, 0.2) is 78.1 Å². The van der Waals surface area contributed by atoms with Gasteiger partial charge in [0.05, 0.1) is 21.4 Å². The van der Waals surface area contributed by atoms with E-state index in [-0.39, 0.29) is 0 Å². The Labute approximate surface area is 191 Å². The van der Waals surface area contributed by atoms with E-state index in [9.17, 15) is 8.42 Å². The molecule has 0 saturated carbocycles. The van der Waals surface area contributed by atoms with Crippen LogP contribution >= 0.6 is 11.6 Å². The number of pyridine rings is 1. The van der Waals surface area contributed by atoms with Crippen molar-refractivity contribution in [2.24, 2.45) is 0 Å². The molecule has 1 aliphatic rings. The molecule has 1 aliphatic carbocycles. The van der Waals surface area contributed by atoms with Gasteiger partial charge in [-0.3, -0.25) is 4.98 Å². The molecule has 0 bridgehead atoms. The molecule has 5 nitrogen and oxygen atoms in total. The highest BCUT2D eigenvalue weighted by Gasteiger charge is 2.31. The highest BCUT2D eigenvalue weighted by molar-refractivity contribution is 7.92. The minimum absolute atomic E-state index is 0.314. The topological polar surface area (TPSA) is 72.8 Å². The minimum Gasteiger partial charge on any atom is -0.256 e. The molecule has 32 heavy (non-hydrogen) atoms. The van der Waals surface area contributed by atoms with Crippen molar-refractivity contribution in [3.05, 3.63) is 101 Å². The van der Waals surface area contributed by atoms with Gasteiger partial charge in [0.15, 0.2) is 9.84 Å². The van der Waals surface area contributed by atoms with Crippen LogP contribution in [0.1, 0.15) is 28.8 Å². The summed E-state index contributed by atoms with van der Waals surface area (Å²) < 4.78 is 27.1. The molecule has 7 heteroatoms. The molecule has 0 fully saturated rings. The van der Waals surface area contributed by atoms with Gasteiger partial charge in [-0.15, -0.1) is 0 Å². The van der Waals surface area contributed by atoms with Crippen molar-refractivity contribution in [2.75, 3.05) is 0 Å². The first-order chi connectivity index (χ1) is 15.4. The monoisotopic (exact) mass is 461 g/mol. The lowest BCUT2D eigenvalue weighted by molar-refractivity contribution is 0.583. The van der Waals surface area contributed by atoms with Gasteiger partial charge < -0.3 is 0 Å². The summed E-state index contributed by atoms with van der Waals surface area (Å²) in [6.45, 7) is 1.94. The van der Waals surface area contributed by atoms with Crippen molar-refractivity contribution in [1.29, 1.82) is 0 Å². The Hall–Kier alpha value is -3.09. The van der Waals surface area contributed by atoms with E-state index in [0.29, 0.717) is 28.5 Å². The molecule has 2 aromatic heterocycles. The Morgan fingerprint density at radius 3 is 2.62 bits per heavy atom. The maximum atomic E-state index is 13.6. The first-order valence-electron chi connectivity index (χ1n) is 10.3. The lowest BCUT2D eigenvalue weighted by Crippen LogP contribution is -2.20. The van der Waals surface area contributed by atoms with Crippen molar-refractivity contribution in [3.63, 3.8) is 0 Å². The van der Waals surface area contributed by atoms with Gasteiger partial charge in [-0.05, 0) is 61.2 Å². The molecular weight excluding hydrogens is 442 g/mol. The molecule has 160 valence electrons. The Morgan fingerprint density at radius 1 is 1.00 bits per heavy atom. The number of halogens is 1. The first-order valence-corrected chi connectivity index (χ1v) is 12.2. The molecule has 0 saturated heterocycles. The van der Waals surface area contributed by atoms with Crippen LogP contribution in [0.25, 0.3) is 16.5 Å². The van der Waals surface area contributed by atoms with E-state index in [4.69, 9.17) is 11.6 Å². The van der Waals surface area contributed by atoms with Gasteiger partial charge in [-0.25, -0.2) is 18.4 Å². The summed E-state index contributed by atoms with van der Waals surface area (Å²) >= 11 is 6.52. The summed E-state index contributed by atoms with van der Waals surface area (Å²) in [4.78, 5) is 13.3. The summed E-state index contributed by atoms with van der Waals surface area (Å²) in [5.41, 5.74) is 4.91. The largest absolute Gasteiger partial charge is 0.256 e. The maximum absolute atomic E-state index is 13.6. The average molecular weight is 462 g/mol. The van der Waals surface area contributed by atoms with Crippen LogP contribution in [0.4, 0.5) is 0 Å². The summed E-state index contributed by atoms with van der Waals surface area (Å²) in [5, 5.41) is 0.568. The third-order valence-corrected chi connectivity index (χ3v) is 8.21. The second-order valence-corrected chi connectivity index (χ2v) is 10.4. The molecule has 0 spiro atoms. The van der Waals surface area contributed by atoms with Crippen LogP contribution in [-0.2, 0) is 16.3 Å². The minimum atomic E-state index is -3.60. The number of fused-ring (bicyclic) bond motifs is 2. The van der Waals surface area contributed by atoms with Crippen molar-refractivity contribution in [2.45, 2.75) is 29.9 Å². The first kappa shape index (κ1) is 20.8. The van der Waals surface area contributed by atoms with E-state index in [1.54, 1.807) is 18.3 Å². The predicted octanol–water partition coefficient (Wildman–Crippen LogP) is 5.21. The van der Waals surface area contributed by atoms with Crippen LogP contribution in [0.3, 0.4) is 0 Å². The van der Waals surface area contributed by atoms with Crippen molar-refractivity contribution in [3.8, 4) is 0 Å². The van der Waals surface area contributed by atoms with Gasteiger partial charge >= 0.3 is 0 Å². The van der Waals surface area contributed by atoms with Crippen LogP contribution in [-0.4, -0.2) is 28.6 Å². The summed E-state index contributed by atoms with van der Waals surface area (Å²) in [6, 6.07) is 16.7. The fraction of sp³-hybridized carbons (Fsp3) is 0.160. The fourth-order valence-electron chi connectivity index (χ4n) is 4.12. The maximum Gasteiger partial charge on any atom is 0.184 e. The van der Waals surface area contributed by atoms with Gasteiger partial charge in [0, 0.05) is 17.1 Å². The lowest BCUT2D eigenvalue weighted by atomic mass is 9.96. The zero-order valence-corrected chi connectivity index (χ0v) is 18.9. The van der Waals surface area contributed by atoms with Gasteiger partial charge in [0.25, 0.3) is 0 Å². The second kappa shape index (κ2) is 8.11. The third kappa shape index (κ3) is 3.70. The molecule has 4 aromatic rings. The summed E-state index contributed by atoms with van der Waals surface area (Å²) in [6.07, 6.45) is 5.89. The molecule has 5 rings (SSSR count). The number of nitrogens with zero attached hydrogens (tertiary/aromatic N) is 3. The quantitative estimate of drug-likeness (QED) is 0.392. The van der Waals surface area contributed by atoms with Crippen LogP contribution in [0, 0.1) is 6.92 Å². The predicted molar refractivity (Wildman–Crippen MR) is 126 cm³/mol. The Balaban J connectivity index is 1.71. The molecule has 2 heterocycles. The average Bonchev–Trinajstić information content (AvgIpc) is 3.00. The van der Waals surface area contributed by atoms with Gasteiger partial charge in [0.2, 0.25) is 0 Å². The van der Waals surface area contributed by atoms with E-state index in [1.807, 2.05) is 55.5 Å². The normalized spacial score (nSPS) is 16.3. The van der Waals surface area contributed by atoms with Crippen molar-refractivity contribution in [1.82, 2.24) is 15.0 Å². The van der Waals surface area contributed by atoms with Crippen LogP contribution in [0.2, 0.25) is 5.15 Å². The second-order valence-electron chi connectivity index (χ2n) is 7.91. The Morgan fingerprint density at radius 2 is 1.81 bits per heavy atom. The van der Waals surface area contributed by atoms with Gasteiger partial charge in [-0.1, -0.05) is 47.5 Å². The van der Waals surface area contributed by atoms with Gasteiger partial charge in [0.1, 0.15) is 11.5 Å². The molecule has 1 atom stereocenters. The Bertz CT molecular complexity index is 1460. The highest BCUT2D eigenvalue weighted by Crippen LogP contribution is 2.37. The highest BCUT2D eigenvalue weighted by atomic mass is 35.5. The van der Waals surface area contributed by atoms with Gasteiger partial charge in [-0.2, -0.15) is 0 Å². The van der Waals surface area contributed by atoms with E-state index >= 15 is 0 Å². The van der Waals surface area contributed by atoms with E-state index in [2.05, 4.69) is 15.0 Å². The van der Waals surface area contributed by atoms with E-state index < -0.39 is 15.1 Å². The number of aromatic nitrogens is 3. The molecule has 0 aliphatic heterocycles. The summed E-state index contributed by atoms with van der Waals surface area (Å²) in [5.74, 6) is 0. The Kier molecular flexibility index (Phi) is 5.27. The summed E-state index contributed by atoms with van der Waals surface area (Å²) in [7, 11) is -3.60. The smallest absolute Gasteiger partial charge is 0.184 e. The number of benzene rings is 2. The number of aryl methyl sites for hydroxylation is 2. The molecule has 0 radical (unpaired) electrons. The lowest BCUT2D eigenvalue weighted by Gasteiger charge is -2.15. The van der Waals surface area contributed by atoms with Crippen molar-refractivity contribution >= 4 is 37.9 Å². The van der Waals surface area contributed by atoms with Crippen LogP contribution < -0.4 is 0 Å². The number of rotatable bonds is 3.